The van der Waals surface area contributed by atoms with Crippen LogP contribution in [-0.4, -0.2) is 11.6 Å². The highest BCUT2D eigenvalue weighted by molar-refractivity contribution is 6.01. The van der Waals surface area contributed by atoms with Crippen molar-refractivity contribution in [2.45, 2.75) is 27.7 Å². The van der Waals surface area contributed by atoms with E-state index in [-0.39, 0.29) is 5.91 Å². The molecule has 0 saturated carbocycles. The molecule has 0 bridgehead atoms. The Kier molecular flexibility index (Phi) is 4.53. The topological polar surface area (TPSA) is 41.5 Å². The Bertz CT molecular complexity index is 685. The summed E-state index contributed by atoms with van der Waals surface area (Å²) in [6.45, 7) is 7.99. The molecule has 0 atom stereocenters. The summed E-state index contributed by atoms with van der Waals surface area (Å²) in [6, 6.07) is 13.6. The third-order valence-electron chi connectivity index (χ3n) is 3.41. The van der Waals surface area contributed by atoms with Gasteiger partial charge in [-0.05, 0) is 45.4 Å². The van der Waals surface area contributed by atoms with Crippen molar-refractivity contribution in [2.75, 3.05) is 0 Å². The van der Waals surface area contributed by atoms with E-state index >= 15 is 0 Å². The molecular weight excluding hydrogens is 260 g/mol. The molecule has 21 heavy (non-hydrogen) atoms. The van der Waals surface area contributed by atoms with Gasteiger partial charge in [0.05, 0.1) is 5.71 Å². The number of aryl methyl sites for hydroxylation is 3. The molecule has 0 spiro atoms. The van der Waals surface area contributed by atoms with Gasteiger partial charge in [-0.3, -0.25) is 4.79 Å². The molecule has 0 aromatic heterocycles. The minimum atomic E-state index is -0.195. The number of hydrogen-bond acceptors (Lipinski definition) is 2. The van der Waals surface area contributed by atoms with Gasteiger partial charge in [0.25, 0.3) is 5.91 Å². The molecule has 1 amide bonds. The van der Waals surface area contributed by atoms with Gasteiger partial charge in [0, 0.05) is 11.1 Å². The first-order valence-electron chi connectivity index (χ1n) is 6.96. The average Bonchev–Trinajstić information content (AvgIpc) is 2.45. The van der Waals surface area contributed by atoms with Crippen molar-refractivity contribution in [1.82, 2.24) is 5.43 Å². The summed E-state index contributed by atoms with van der Waals surface area (Å²) >= 11 is 0. The minimum Gasteiger partial charge on any atom is -0.267 e. The van der Waals surface area contributed by atoms with E-state index in [0.717, 1.165) is 22.4 Å². The maximum absolute atomic E-state index is 12.0. The summed E-state index contributed by atoms with van der Waals surface area (Å²) in [5.74, 6) is -0.195. The van der Waals surface area contributed by atoms with E-state index in [1.807, 2.05) is 45.0 Å². The summed E-state index contributed by atoms with van der Waals surface area (Å²) < 4.78 is 0. The highest BCUT2D eigenvalue weighted by Gasteiger charge is 2.06. The Morgan fingerprint density at radius 1 is 0.952 bits per heavy atom. The van der Waals surface area contributed by atoms with Crippen molar-refractivity contribution in [3.63, 3.8) is 0 Å². The predicted molar refractivity (Wildman–Crippen MR) is 86.8 cm³/mol. The van der Waals surface area contributed by atoms with Gasteiger partial charge >= 0.3 is 0 Å². The number of carbonyl (C=O) groups is 1. The summed E-state index contributed by atoms with van der Waals surface area (Å²) in [7, 11) is 0. The molecule has 0 saturated heterocycles. The lowest BCUT2D eigenvalue weighted by molar-refractivity contribution is 0.0955. The standard InChI is InChI=1S/C18H20N2O/c1-12-5-8-16(9-6-12)18(21)20-19-15(4)17-10-7-13(2)11-14(17)3/h5-11H,1-4H3,(H,20,21)/b19-15+. The number of benzene rings is 2. The summed E-state index contributed by atoms with van der Waals surface area (Å²) in [4.78, 5) is 12.0. The fraction of sp³-hybridized carbons (Fsp3) is 0.222. The van der Waals surface area contributed by atoms with E-state index in [1.54, 1.807) is 12.1 Å². The zero-order valence-electron chi connectivity index (χ0n) is 12.9. The first kappa shape index (κ1) is 15.0. The lowest BCUT2D eigenvalue weighted by atomic mass is 10.0. The van der Waals surface area contributed by atoms with Gasteiger partial charge in [-0.2, -0.15) is 5.10 Å². The van der Waals surface area contributed by atoms with Gasteiger partial charge < -0.3 is 0 Å². The molecular formula is C18H20N2O. The van der Waals surface area contributed by atoms with Gasteiger partial charge in [0.2, 0.25) is 0 Å². The van der Waals surface area contributed by atoms with E-state index in [1.165, 1.54) is 5.56 Å². The highest BCUT2D eigenvalue weighted by atomic mass is 16.2. The van der Waals surface area contributed by atoms with Gasteiger partial charge in [0.1, 0.15) is 0 Å². The normalized spacial score (nSPS) is 11.3. The van der Waals surface area contributed by atoms with Crippen LogP contribution in [0.15, 0.2) is 47.6 Å². The second kappa shape index (κ2) is 6.35. The van der Waals surface area contributed by atoms with Crippen LogP contribution < -0.4 is 5.43 Å². The summed E-state index contributed by atoms with van der Waals surface area (Å²) in [6.07, 6.45) is 0. The molecule has 2 rings (SSSR count). The van der Waals surface area contributed by atoms with Crippen molar-refractivity contribution in [3.05, 3.63) is 70.3 Å². The van der Waals surface area contributed by atoms with Crippen LogP contribution in [0, 0.1) is 20.8 Å². The molecule has 3 nitrogen and oxygen atoms in total. The number of hydrazone groups is 1. The third-order valence-corrected chi connectivity index (χ3v) is 3.41. The fourth-order valence-corrected chi connectivity index (χ4v) is 2.18. The molecule has 0 aliphatic heterocycles. The van der Waals surface area contributed by atoms with Crippen LogP contribution in [0.3, 0.4) is 0 Å². The molecule has 0 fully saturated rings. The molecule has 0 heterocycles. The summed E-state index contributed by atoms with van der Waals surface area (Å²) in [5.41, 5.74) is 8.56. The van der Waals surface area contributed by atoms with Gasteiger partial charge in [-0.25, -0.2) is 5.43 Å². The van der Waals surface area contributed by atoms with E-state index < -0.39 is 0 Å². The first-order valence-corrected chi connectivity index (χ1v) is 6.96. The minimum absolute atomic E-state index is 0.195. The maximum Gasteiger partial charge on any atom is 0.271 e. The molecule has 108 valence electrons. The largest absolute Gasteiger partial charge is 0.271 e. The Morgan fingerprint density at radius 2 is 1.57 bits per heavy atom. The Hall–Kier alpha value is -2.42. The first-order chi connectivity index (χ1) is 9.97. The smallest absolute Gasteiger partial charge is 0.267 e. The number of nitrogens with zero attached hydrogens (tertiary/aromatic N) is 1. The van der Waals surface area contributed by atoms with Crippen molar-refractivity contribution >= 4 is 11.6 Å². The van der Waals surface area contributed by atoms with Crippen LogP contribution in [0.25, 0.3) is 0 Å². The molecule has 2 aromatic rings. The monoisotopic (exact) mass is 280 g/mol. The van der Waals surface area contributed by atoms with E-state index in [2.05, 4.69) is 23.5 Å². The van der Waals surface area contributed by atoms with E-state index in [9.17, 15) is 4.79 Å². The lowest BCUT2D eigenvalue weighted by Crippen LogP contribution is -2.19. The van der Waals surface area contributed by atoms with Crippen LogP contribution in [0.4, 0.5) is 0 Å². The average molecular weight is 280 g/mol. The van der Waals surface area contributed by atoms with Crippen LogP contribution in [-0.2, 0) is 0 Å². The number of nitrogens with one attached hydrogen (secondary N) is 1. The summed E-state index contributed by atoms with van der Waals surface area (Å²) in [5, 5.41) is 4.20. The van der Waals surface area contributed by atoms with Gasteiger partial charge in [-0.15, -0.1) is 0 Å². The number of rotatable bonds is 3. The highest BCUT2D eigenvalue weighted by Crippen LogP contribution is 2.11. The predicted octanol–water partition coefficient (Wildman–Crippen LogP) is 3.77. The molecule has 0 radical (unpaired) electrons. The van der Waals surface area contributed by atoms with Crippen LogP contribution in [0.2, 0.25) is 0 Å². The fourth-order valence-electron chi connectivity index (χ4n) is 2.18. The van der Waals surface area contributed by atoms with Crippen molar-refractivity contribution in [2.24, 2.45) is 5.10 Å². The van der Waals surface area contributed by atoms with Crippen molar-refractivity contribution < 1.29 is 4.79 Å². The Morgan fingerprint density at radius 3 is 2.19 bits per heavy atom. The zero-order chi connectivity index (χ0) is 15.4. The van der Waals surface area contributed by atoms with Gasteiger partial charge in [0.15, 0.2) is 0 Å². The molecule has 0 aliphatic rings. The number of hydrogen-bond donors (Lipinski definition) is 1. The number of amides is 1. The van der Waals surface area contributed by atoms with Crippen molar-refractivity contribution in [3.8, 4) is 0 Å². The van der Waals surface area contributed by atoms with E-state index in [4.69, 9.17) is 0 Å². The third kappa shape index (κ3) is 3.78. The molecule has 3 heteroatoms. The Balaban J connectivity index is 2.12. The van der Waals surface area contributed by atoms with Crippen LogP contribution in [0.5, 0.6) is 0 Å². The van der Waals surface area contributed by atoms with Crippen LogP contribution in [0.1, 0.15) is 39.5 Å². The van der Waals surface area contributed by atoms with E-state index in [0.29, 0.717) is 5.56 Å². The zero-order valence-corrected chi connectivity index (χ0v) is 12.9. The molecule has 1 N–H and O–H groups in total. The maximum atomic E-state index is 12.0. The van der Waals surface area contributed by atoms with Crippen molar-refractivity contribution in [1.29, 1.82) is 0 Å². The second-order valence-electron chi connectivity index (χ2n) is 5.32. The number of carbonyl (C=O) groups excluding carboxylic acids is 1. The van der Waals surface area contributed by atoms with Crippen LogP contribution >= 0.6 is 0 Å². The van der Waals surface area contributed by atoms with Gasteiger partial charge in [-0.1, -0.05) is 41.5 Å². The lowest BCUT2D eigenvalue weighted by Gasteiger charge is -2.07. The SMILES string of the molecule is C/C(=N\NC(=O)c1ccc(C)cc1)c1ccc(C)cc1C. The molecule has 2 aromatic carbocycles. The molecule has 0 aliphatic carbocycles. The molecule has 0 unspecified atom stereocenters. The Labute approximate surface area is 125 Å². The quantitative estimate of drug-likeness (QED) is 0.675. The second-order valence-corrected chi connectivity index (χ2v) is 5.32.